The summed E-state index contributed by atoms with van der Waals surface area (Å²) in [6, 6.07) is 6.48. The zero-order valence-corrected chi connectivity index (χ0v) is 8.93. The van der Waals surface area contributed by atoms with E-state index in [1.54, 1.807) is 31.2 Å². The lowest BCUT2D eigenvalue weighted by Gasteiger charge is -2.14. The summed E-state index contributed by atoms with van der Waals surface area (Å²) in [7, 11) is 0. The zero-order valence-electron chi connectivity index (χ0n) is 7.36. The van der Waals surface area contributed by atoms with Gasteiger partial charge in [0.15, 0.2) is 0 Å². The van der Waals surface area contributed by atoms with Crippen molar-refractivity contribution in [2.75, 3.05) is 0 Å². The molecule has 0 aliphatic carbocycles. The van der Waals surface area contributed by atoms with E-state index in [9.17, 15) is 8.76 Å². The van der Waals surface area contributed by atoms with Crippen LogP contribution in [0, 0.1) is 18.3 Å². The molecule has 0 amide bonds. The molecule has 0 radical (unpaired) electrons. The number of nitrogens with zero attached hydrogens (tertiary/aromatic N) is 1. The van der Waals surface area contributed by atoms with E-state index in [4.69, 9.17) is 16.9 Å². The van der Waals surface area contributed by atoms with Crippen molar-refractivity contribution in [3.8, 4) is 6.07 Å². The number of benzene rings is 1. The number of hydrogen-bond donors (Lipinski definition) is 0. The summed E-state index contributed by atoms with van der Waals surface area (Å²) < 4.78 is 21.4. The fraction of sp³-hybridized carbons (Fsp3) is 0.222. The molecule has 0 bridgehead atoms. The van der Waals surface area contributed by atoms with Gasteiger partial charge < -0.3 is 4.55 Å². The highest BCUT2D eigenvalue weighted by atomic mass is 35.5. The molecule has 1 aromatic rings. The van der Waals surface area contributed by atoms with Crippen molar-refractivity contribution in [2.45, 2.75) is 12.2 Å². The van der Waals surface area contributed by atoms with Crippen molar-refractivity contribution >= 4 is 22.7 Å². The summed E-state index contributed by atoms with van der Waals surface area (Å²) in [5, 5.41) is 8.08. The largest absolute Gasteiger partial charge is 0.771 e. The molecule has 14 heavy (non-hydrogen) atoms. The molecule has 0 fully saturated rings. The van der Waals surface area contributed by atoms with Crippen LogP contribution in [-0.2, 0) is 11.1 Å². The second-order valence-electron chi connectivity index (χ2n) is 2.77. The normalized spacial score (nSPS) is 14.4. The van der Waals surface area contributed by atoms with Crippen LogP contribution in [0.2, 0.25) is 5.02 Å². The van der Waals surface area contributed by atoms with Crippen LogP contribution in [0.15, 0.2) is 18.2 Å². The Bertz CT molecular complexity index is 414. The summed E-state index contributed by atoms with van der Waals surface area (Å²) in [4.78, 5) is 0. The monoisotopic (exact) mass is 228 g/mol. The first-order valence-electron chi connectivity index (χ1n) is 3.80. The van der Waals surface area contributed by atoms with Crippen LogP contribution in [-0.4, -0.2) is 8.76 Å². The number of hydrogen-bond acceptors (Lipinski definition) is 3. The maximum Gasteiger partial charge on any atom is 0.133 e. The Morgan fingerprint density at radius 1 is 1.64 bits per heavy atom. The van der Waals surface area contributed by atoms with Crippen LogP contribution < -0.4 is 0 Å². The summed E-state index contributed by atoms with van der Waals surface area (Å²) in [5.41, 5.74) is 1.18. The predicted octanol–water partition coefficient (Wildman–Crippen LogP) is 2.09. The first kappa shape index (κ1) is 11.2. The van der Waals surface area contributed by atoms with Gasteiger partial charge in [-0.05, 0) is 41.3 Å². The molecule has 2 atom stereocenters. The number of halogens is 1. The Morgan fingerprint density at radius 3 is 2.71 bits per heavy atom. The van der Waals surface area contributed by atoms with Crippen molar-refractivity contribution in [1.82, 2.24) is 0 Å². The SMILES string of the molecule is Cc1cc(Cl)ccc1C(C#N)S(=O)[O-]. The van der Waals surface area contributed by atoms with E-state index in [0.717, 1.165) is 0 Å². The van der Waals surface area contributed by atoms with E-state index in [1.165, 1.54) is 0 Å². The van der Waals surface area contributed by atoms with Crippen LogP contribution >= 0.6 is 11.6 Å². The first-order chi connectivity index (χ1) is 6.56. The first-order valence-corrected chi connectivity index (χ1v) is 5.31. The molecule has 0 aromatic heterocycles. The van der Waals surface area contributed by atoms with E-state index in [0.29, 0.717) is 16.1 Å². The minimum atomic E-state index is -2.43. The lowest BCUT2D eigenvalue weighted by atomic mass is 10.1. The lowest BCUT2D eigenvalue weighted by molar-refractivity contribution is 0.532. The van der Waals surface area contributed by atoms with Crippen molar-refractivity contribution in [3.05, 3.63) is 34.3 Å². The van der Waals surface area contributed by atoms with Gasteiger partial charge in [0.25, 0.3) is 0 Å². The molecule has 5 heteroatoms. The number of aryl methyl sites for hydroxylation is 1. The molecular formula is C9H7ClNO2S-. The van der Waals surface area contributed by atoms with Gasteiger partial charge in [-0.3, -0.25) is 4.21 Å². The standard InChI is InChI=1S/C9H8ClNO2S/c1-6-4-7(10)2-3-8(6)9(5-11)14(12)13/h2-4,9H,1H3,(H,12,13)/p-1. The summed E-state index contributed by atoms with van der Waals surface area (Å²) >= 11 is 3.28. The average Bonchev–Trinajstić information content (AvgIpc) is 2.09. The maximum atomic E-state index is 10.7. The quantitative estimate of drug-likeness (QED) is 0.728. The van der Waals surface area contributed by atoms with E-state index < -0.39 is 16.3 Å². The van der Waals surface area contributed by atoms with Crippen LogP contribution in [0.25, 0.3) is 0 Å². The van der Waals surface area contributed by atoms with E-state index in [1.807, 2.05) is 0 Å². The predicted molar refractivity (Wildman–Crippen MR) is 53.5 cm³/mol. The molecule has 1 rings (SSSR count). The molecule has 0 saturated heterocycles. The van der Waals surface area contributed by atoms with Gasteiger partial charge in [0.05, 0.1) is 6.07 Å². The molecule has 3 nitrogen and oxygen atoms in total. The molecule has 0 aliphatic rings. The number of rotatable bonds is 2. The molecule has 0 aliphatic heterocycles. The van der Waals surface area contributed by atoms with Gasteiger partial charge in [-0.2, -0.15) is 5.26 Å². The van der Waals surface area contributed by atoms with Gasteiger partial charge >= 0.3 is 0 Å². The lowest BCUT2D eigenvalue weighted by Crippen LogP contribution is -2.05. The molecular weight excluding hydrogens is 222 g/mol. The van der Waals surface area contributed by atoms with Crippen LogP contribution in [0.3, 0.4) is 0 Å². The van der Waals surface area contributed by atoms with Crippen molar-refractivity contribution in [2.24, 2.45) is 0 Å². The van der Waals surface area contributed by atoms with E-state index in [-0.39, 0.29) is 0 Å². The molecule has 0 spiro atoms. The van der Waals surface area contributed by atoms with Gasteiger partial charge in [0, 0.05) is 5.02 Å². The third kappa shape index (κ3) is 2.32. The molecule has 74 valence electrons. The van der Waals surface area contributed by atoms with Crippen molar-refractivity contribution < 1.29 is 8.76 Å². The van der Waals surface area contributed by atoms with Gasteiger partial charge in [0.2, 0.25) is 0 Å². The average molecular weight is 229 g/mol. The highest BCUT2D eigenvalue weighted by Gasteiger charge is 2.13. The van der Waals surface area contributed by atoms with Crippen LogP contribution in [0.4, 0.5) is 0 Å². The smallest absolute Gasteiger partial charge is 0.133 e. The fourth-order valence-electron chi connectivity index (χ4n) is 1.15. The third-order valence-electron chi connectivity index (χ3n) is 1.82. The van der Waals surface area contributed by atoms with E-state index in [2.05, 4.69) is 0 Å². The maximum absolute atomic E-state index is 10.7. The highest BCUT2D eigenvalue weighted by molar-refractivity contribution is 7.79. The summed E-state index contributed by atoms with van der Waals surface area (Å²) in [5.74, 6) is 0. The second kappa shape index (κ2) is 4.56. The second-order valence-corrected chi connectivity index (χ2v) is 4.20. The van der Waals surface area contributed by atoms with Gasteiger partial charge in [0.1, 0.15) is 5.25 Å². The zero-order chi connectivity index (χ0) is 10.7. The fourth-order valence-corrected chi connectivity index (χ4v) is 1.93. The Kier molecular flexibility index (Phi) is 3.64. The minimum Gasteiger partial charge on any atom is -0.771 e. The topological polar surface area (TPSA) is 63.9 Å². The Labute approximate surface area is 89.6 Å². The third-order valence-corrected chi connectivity index (χ3v) is 2.80. The van der Waals surface area contributed by atoms with Gasteiger partial charge in [-0.25, -0.2) is 0 Å². The Balaban J connectivity index is 3.19. The van der Waals surface area contributed by atoms with Crippen LogP contribution in [0.1, 0.15) is 16.4 Å². The van der Waals surface area contributed by atoms with Crippen molar-refractivity contribution in [3.63, 3.8) is 0 Å². The summed E-state index contributed by atoms with van der Waals surface area (Å²) in [6.07, 6.45) is 0. The van der Waals surface area contributed by atoms with Crippen LogP contribution in [0.5, 0.6) is 0 Å². The Morgan fingerprint density at radius 2 is 2.29 bits per heavy atom. The minimum absolute atomic E-state index is 0.477. The molecule has 0 heterocycles. The molecule has 0 N–H and O–H groups in total. The summed E-state index contributed by atoms with van der Waals surface area (Å²) in [6.45, 7) is 1.72. The molecule has 1 aromatic carbocycles. The van der Waals surface area contributed by atoms with E-state index >= 15 is 0 Å². The Hall–Kier alpha value is -0.890. The van der Waals surface area contributed by atoms with Gasteiger partial charge in [-0.1, -0.05) is 17.7 Å². The highest BCUT2D eigenvalue weighted by Crippen LogP contribution is 2.24. The van der Waals surface area contributed by atoms with Crippen molar-refractivity contribution in [1.29, 1.82) is 5.26 Å². The molecule has 0 saturated carbocycles. The number of nitriles is 1. The molecule has 2 unspecified atom stereocenters. The van der Waals surface area contributed by atoms with Gasteiger partial charge in [-0.15, -0.1) is 0 Å².